The van der Waals surface area contributed by atoms with Crippen LogP contribution in [-0.2, 0) is 6.54 Å². The molecular formula is C14H19NS. The van der Waals surface area contributed by atoms with Gasteiger partial charge in [0.05, 0.1) is 0 Å². The summed E-state index contributed by atoms with van der Waals surface area (Å²) in [7, 11) is 0. The zero-order valence-electron chi connectivity index (χ0n) is 10.5. The number of hydrogen-bond acceptors (Lipinski definition) is 2. The van der Waals surface area contributed by atoms with Crippen LogP contribution in [-0.4, -0.2) is 6.54 Å². The summed E-state index contributed by atoms with van der Waals surface area (Å²) >= 11 is 1.94. The predicted octanol–water partition coefficient (Wildman–Crippen LogP) is 3.94. The molecule has 2 heteroatoms. The average molecular weight is 233 g/mol. The van der Waals surface area contributed by atoms with Gasteiger partial charge in [-0.2, -0.15) is 0 Å². The summed E-state index contributed by atoms with van der Waals surface area (Å²) < 4.78 is 1.45. The Morgan fingerprint density at radius 2 is 1.94 bits per heavy atom. The summed E-state index contributed by atoms with van der Waals surface area (Å²) in [5.74, 6) is 0. The fourth-order valence-corrected chi connectivity index (χ4v) is 3.35. The average Bonchev–Trinajstić information content (AvgIpc) is 2.54. The Morgan fingerprint density at radius 1 is 1.19 bits per heavy atom. The Hall–Kier alpha value is -0.860. The molecule has 1 aromatic heterocycles. The first-order valence-corrected chi connectivity index (χ1v) is 6.65. The van der Waals surface area contributed by atoms with Crippen molar-refractivity contribution >= 4 is 21.4 Å². The molecule has 1 heterocycles. The largest absolute Gasteiger partial charge is 0.312 e. The molecule has 0 spiro atoms. The Bertz CT molecular complexity index is 511. The van der Waals surface area contributed by atoms with Gasteiger partial charge in [-0.05, 0) is 43.8 Å². The van der Waals surface area contributed by atoms with Crippen LogP contribution in [0.15, 0.2) is 12.1 Å². The van der Waals surface area contributed by atoms with Crippen LogP contribution < -0.4 is 5.32 Å². The highest BCUT2D eigenvalue weighted by Gasteiger charge is 2.09. The Labute approximate surface area is 101 Å². The van der Waals surface area contributed by atoms with Crippen molar-refractivity contribution in [1.29, 1.82) is 0 Å². The molecule has 0 saturated heterocycles. The lowest BCUT2D eigenvalue weighted by Crippen LogP contribution is -2.11. The van der Waals surface area contributed by atoms with Crippen LogP contribution in [0.5, 0.6) is 0 Å². The van der Waals surface area contributed by atoms with Crippen molar-refractivity contribution in [3.63, 3.8) is 0 Å². The highest BCUT2D eigenvalue weighted by atomic mass is 32.1. The molecule has 1 aromatic carbocycles. The molecule has 86 valence electrons. The van der Waals surface area contributed by atoms with Gasteiger partial charge in [0.2, 0.25) is 0 Å². The van der Waals surface area contributed by atoms with E-state index in [9.17, 15) is 0 Å². The van der Waals surface area contributed by atoms with Gasteiger partial charge in [0, 0.05) is 16.1 Å². The van der Waals surface area contributed by atoms with E-state index in [1.165, 1.54) is 31.7 Å². The number of fused-ring (bicyclic) bond motifs is 1. The normalized spacial score (nSPS) is 11.2. The molecule has 1 N–H and O–H groups in total. The third-order valence-corrected chi connectivity index (χ3v) is 4.44. The van der Waals surface area contributed by atoms with E-state index in [-0.39, 0.29) is 0 Å². The van der Waals surface area contributed by atoms with Crippen molar-refractivity contribution in [2.45, 2.75) is 34.2 Å². The van der Waals surface area contributed by atoms with E-state index in [1.54, 1.807) is 0 Å². The number of nitrogens with one attached hydrogen (secondary N) is 1. The molecule has 0 radical (unpaired) electrons. The van der Waals surface area contributed by atoms with Crippen LogP contribution in [0, 0.1) is 20.8 Å². The lowest BCUT2D eigenvalue weighted by molar-refractivity contribution is 0.733. The highest BCUT2D eigenvalue weighted by Crippen LogP contribution is 2.33. The van der Waals surface area contributed by atoms with Crippen molar-refractivity contribution in [2.24, 2.45) is 0 Å². The molecule has 0 aliphatic heterocycles. The van der Waals surface area contributed by atoms with E-state index in [2.05, 4.69) is 45.1 Å². The zero-order chi connectivity index (χ0) is 11.7. The summed E-state index contributed by atoms with van der Waals surface area (Å²) in [6.45, 7) is 10.8. The molecule has 1 nitrogen and oxygen atoms in total. The zero-order valence-corrected chi connectivity index (χ0v) is 11.3. The Balaban J connectivity index is 2.54. The summed E-state index contributed by atoms with van der Waals surface area (Å²) in [6.07, 6.45) is 0. The van der Waals surface area contributed by atoms with Gasteiger partial charge < -0.3 is 5.32 Å². The SMILES string of the molecule is CCNCc1sc2c(C)cc(C)cc2c1C. The van der Waals surface area contributed by atoms with Gasteiger partial charge in [0.25, 0.3) is 0 Å². The van der Waals surface area contributed by atoms with Crippen molar-refractivity contribution in [3.05, 3.63) is 33.7 Å². The molecule has 2 aromatic rings. The first-order chi connectivity index (χ1) is 7.63. The summed E-state index contributed by atoms with van der Waals surface area (Å²) in [5, 5.41) is 4.85. The molecule has 0 fully saturated rings. The molecule has 0 bridgehead atoms. The molecule has 0 aliphatic carbocycles. The molecule has 2 rings (SSSR count). The number of aryl methyl sites for hydroxylation is 3. The minimum Gasteiger partial charge on any atom is -0.312 e. The lowest BCUT2D eigenvalue weighted by atomic mass is 10.1. The third kappa shape index (κ3) is 2.00. The summed E-state index contributed by atoms with van der Waals surface area (Å²) in [6, 6.07) is 4.58. The number of benzene rings is 1. The maximum Gasteiger partial charge on any atom is 0.0378 e. The van der Waals surface area contributed by atoms with Crippen molar-refractivity contribution in [3.8, 4) is 0 Å². The quantitative estimate of drug-likeness (QED) is 0.847. The highest BCUT2D eigenvalue weighted by molar-refractivity contribution is 7.19. The van der Waals surface area contributed by atoms with Crippen LogP contribution in [0.2, 0.25) is 0 Å². The van der Waals surface area contributed by atoms with E-state index < -0.39 is 0 Å². The van der Waals surface area contributed by atoms with Crippen molar-refractivity contribution < 1.29 is 0 Å². The predicted molar refractivity (Wildman–Crippen MR) is 73.4 cm³/mol. The van der Waals surface area contributed by atoms with Gasteiger partial charge in [-0.15, -0.1) is 11.3 Å². The fraction of sp³-hybridized carbons (Fsp3) is 0.429. The van der Waals surface area contributed by atoms with Gasteiger partial charge in [-0.25, -0.2) is 0 Å². The molecule has 0 aliphatic rings. The van der Waals surface area contributed by atoms with E-state index in [0.29, 0.717) is 0 Å². The Morgan fingerprint density at radius 3 is 2.62 bits per heavy atom. The van der Waals surface area contributed by atoms with Crippen LogP contribution in [0.4, 0.5) is 0 Å². The number of rotatable bonds is 3. The van der Waals surface area contributed by atoms with Gasteiger partial charge in [0.1, 0.15) is 0 Å². The van der Waals surface area contributed by atoms with Crippen LogP contribution >= 0.6 is 11.3 Å². The van der Waals surface area contributed by atoms with Gasteiger partial charge >= 0.3 is 0 Å². The molecule has 0 unspecified atom stereocenters. The van der Waals surface area contributed by atoms with Gasteiger partial charge in [-0.3, -0.25) is 0 Å². The van der Waals surface area contributed by atoms with E-state index >= 15 is 0 Å². The second-order valence-corrected chi connectivity index (χ2v) is 5.49. The maximum atomic E-state index is 3.41. The van der Waals surface area contributed by atoms with Crippen molar-refractivity contribution in [1.82, 2.24) is 5.32 Å². The Kier molecular flexibility index (Phi) is 3.31. The van der Waals surface area contributed by atoms with Gasteiger partial charge in [-0.1, -0.05) is 24.6 Å². The summed E-state index contributed by atoms with van der Waals surface area (Å²) in [4.78, 5) is 1.48. The number of hydrogen-bond donors (Lipinski definition) is 1. The third-order valence-electron chi connectivity index (χ3n) is 3.00. The number of thiophene rings is 1. The van der Waals surface area contributed by atoms with Crippen molar-refractivity contribution in [2.75, 3.05) is 6.54 Å². The molecular weight excluding hydrogens is 214 g/mol. The second kappa shape index (κ2) is 4.56. The molecule has 16 heavy (non-hydrogen) atoms. The monoisotopic (exact) mass is 233 g/mol. The topological polar surface area (TPSA) is 12.0 Å². The maximum absolute atomic E-state index is 3.41. The second-order valence-electron chi connectivity index (χ2n) is 4.39. The minimum atomic E-state index is 1.00. The van der Waals surface area contributed by atoms with E-state index in [4.69, 9.17) is 0 Å². The van der Waals surface area contributed by atoms with Crippen LogP contribution in [0.3, 0.4) is 0 Å². The van der Waals surface area contributed by atoms with Crippen LogP contribution in [0.25, 0.3) is 10.1 Å². The van der Waals surface area contributed by atoms with Gasteiger partial charge in [0.15, 0.2) is 0 Å². The summed E-state index contributed by atoms with van der Waals surface area (Å²) in [5.41, 5.74) is 4.22. The van der Waals surface area contributed by atoms with E-state index in [1.807, 2.05) is 11.3 Å². The van der Waals surface area contributed by atoms with E-state index in [0.717, 1.165) is 13.1 Å². The first kappa shape index (κ1) is 11.6. The standard InChI is InChI=1S/C14H19NS/c1-5-15-8-13-11(4)12-7-9(2)6-10(3)14(12)16-13/h6-7,15H,5,8H2,1-4H3. The smallest absolute Gasteiger partial charge is 0.0378 e. The molecule has 0 atom stereocenters. The minimum absolute atomic E-state index is 1.00. The fourth-order valence-electron chi connectivity index (χ4n) is 2.13. The van der Waals surface area contributed by atoms with Crippen LogP contribution in [0.1, 0.15) is 28.5 Å². The molecule has 0 saturated carbocycles. The molecule has 0 amide bonds. The first-order valence-electron chi connectivity index (χ1n) is 5.83. The lowest BCUT2D eigenvalue weighted by Gasteiger charge is -2.00.